The van der Waals surface area contributed by atoms with Crippen molar-refractivity contribution in [3.05, 3.63) is 35.7 Å². The van der Waals surface area contributed by atoms with Crippen molar-refractivity contribution in [1.29, 1.82) is 0 Å². The third-order valence-corrected chi connectivity index (χ3v) is 4.52. The Morgan fingerprint density at radius 2 is 1.89 bits per heavy atom. The minimum Gasteiger partial charge on any atom is -0.399 e. The molecule has 1 fully saturated rings. The molecule has 27 heavy (non-hydrogen) atoms. The number of thioether (sulfide) groups is 1. The summed E-state index contributed by atoms with van der Waals surface area (Å²) in [4.78, 5) is 25.9. The zero-order valence-electron chi connectivity index (χ0n) is 14.0. The van der Waals surface area contributed by atoms with E-state index in [1.165, 1.54) is 18.2 Å². The maximum Gasteiger partial charge on any atom is 0.446 e. The normalized spacial score (nSPS) is 14.9. The van der Waals surface area contributed by atoms with Crippen LogP contribution < -0.4 is 5.32 Å². The number of rotatable bonds is 4. The summed E-state index contributed by atoms with van der Waals surface area (Å²) in [6, 6.07) is 4.74. The van der Waals surface area contributed by atoms with Crippen molar-refractivity contribution >= 4 is 29.6 Å². The van der Waals surface area contributed by atoms with Gasteiger partial charge in [-0.05, 0) is 49.2 Å². The first-order chi connectivity index (χ1) is 12.8. The lowest BCUT2D eigenvalue weighted by molar-refractivity contribution is -0.0328. The van der Waals surface area contributed by atoms with Crippen LogP contribution in [0.25, 0.3) is 0 Å². The van der Waals surface area contributed by atoms with E-state index in [9.17, 15) is 22.8 Å². The number of halogens is 3. The standard InChI is InChI=1S/C16H15F3N4O3S/c17-16(18,19)27-11-6-4-5-10(9-11)12(24)20-15-22-21-13(26-15)14(25)23-7-2-1-3-8-23/h4-6,9H,1-3,7-8H2,(H,20,22,24). The Kier molecular flexibility index (Phi) is 5.68. The summed E-state index contributed by atoms with van der Waals surface area (Å²) in [7, 11) is 0. The number of hydrogen-bond acceptors (Lipinski definition) is 6. The molecule has 1 N–H and O–H groups in total. The minimum absolute atomic E-state index is 0.00800. The fourth-order valence-electron chi connectivity index (χ4n) is 2.60. The van der Waals surface area contributed by atoms with E-state index in [-0.39, 0.29) is 34.1 Å². The summed E-state index contributed by atoms with van der Waals surface area (Å²) in [5.41, 5.74) is -4.46. The van der Waals surface area contributed by atoms with Crippen LogP contribution in [0.1, 0.15) is 40.3 Å². The van der Waals surface area contributed by atoms with Gasteiger partial charge in [0.25, 0.3) is 5.91 Å². The Bertz CT molecular complexity index is 834. The fourth-order valence-corrected chi connectivity index (χ4v) is 3.20. The Labute approximate surface area is 156 Å². The molecule has 0 radical (unpaired) electrons. The van der Waals surface area contributed by atoms with E-state index in [1.54, 1.807) is 4.90 Å². The van der Waals surface area contributed by atoms with Crippen LogP contribution in [-0.2, 0) is 0 Å². The molecule has 2 heterocycles. The van der Waals surface area contributed by atoms with Crippen LogP contribution in [0.4, 0.5) is 19.2 Å². The van der Waals surface area contributed by atoms with Gasteiger partial charge in [-0.3, -0.25) is 14.9 Å². The smallest absolute Gasteiger partial charge is 0.399 e. The lowest BCUT2D eigenvalue weighted by atomic mass is 10.1. The molecule has 2 aromatic rings. The number of likely N-dealkylation sites (tertiary alicyclic amines) is 1. The Balaban J connectivity index is 1.65. The first kappa shape index (κ1) is 19.2. The number of benzene rings is 1. The fraction of sp³-hybridized carbons (Fsp3) is 0.375. The number of alkyl halides is 3. The van der Waals surface area contributed by atoms with Gasteiger partial charge >= 0.3 is 23.3 Å². The van der Waals surface area contributed by atoms with Gasteiger partial charge in [0.15, 0.2) is 0 Å². The average Bonchev–Trinajstić information content (AvgIpc) is 3.09. The Morgan fingerprint density at radius 1 is 1.15 bits per heavy atom. The number of anilines is 1. The largest absolute Gasteiger partial charge is 0.446 e. The van der Waals surface area contributed by atoms with E-state index in [0.29, 0.717) is 13.1 Å². The SMILES string of the molecule is O=C(Nc1nnc(C(=O)N2CCCCC2)o1)c1cccc(SC(F)(F)F)c1. The van der Waals surface area contributed by atoms with Crippen molar-refractivity contribution in [2.75, 3.05) is 18.4 Å². The molecule has 11 heteroatoms. The van der Waals surface area contributed by atoms with Crippen molar-refractivity contribution in [2.45, 2.75) is 29.7 Å². The molecule has 0 bridgehead atoms. The molecular weight excluding hydrogens is 385 g/mol. The predicted octanol–water partition coefficient (Wildman–Crippen LogP) is 3.56. The zero-order chi connectivity index (χ0) is 19.4. The third kappa shape index (κ3) is 5.22. The summed E-state index contributed by atoms with van der Waals surface area (Å²) in [6.07, 6.45) is 2.85. The molecule has 0 atom stereocenters. The van der Waals surface area contributed by atoms with Gasteiger partial charge in [0.2, 0.25) is 0 Å². The molecule has 1 aromatic carbocycles. The van der Waals surface area contributed by atoms with E-state index in [0.717, 1.165) is 25.3 Å². The Morgan fingerprint density at radius 3 is 2.59 bits per heavy atom. The average molecular weight is 400 g/mol. The molecule has 0 saturated carbocycles. The highest BCUT2D eigenvalue weighted by Crippen LogP contribution is 2.37. The molecular formula is C16H15F3N4O3S. The third-order valence-electron chi connectivity index (χ3n) is 3.80. The summed E-state index contributed by atoms with van der Waals surface area (Å²) in [5.74, 6) is -1.37. The van der Waals surface area contributed by atoms with Crippen molar-refractivity contribution in [3.8, 4) is 0 Å². The first-order valence-electron chi connectivity index (χ1n) is 8.12. The van der Waals surface area contributed by atoms with Gasteiger partial charge in [-0.15, -0.1) is 5.10 Å². The maximum absolute atomic E-state index is 12.4. The van der Waals surface area contributed by atoms with Gasteiger partial charge in [-0.1, -0.05) is 11.2 Å². The number of carbonyl (C=O) groups excluding carboxylic acids is 2. The van der Waals surface area contributed by atoms with E-state index in [2.05, 4.69) is 15.5 Å². The molecule has 144 valence electrons. The summed E-state index contributed by atoms with van der Waals surface area (Å²) in [6.45, 7) is 1.21. The maximum atomic E-state index is 12.4. The number of amides is 2. The van der Waals surface area contributed by atoms with Gasteiger partial charge in [0, 0.05) is 23.5 Å². The van der Waals surface area contributed by atoms with Crippen molar-refractivity contribution in [2.24, 2.45) is 0 Å². The van der Waals surface area contributed by atoms with Crippen molar-refractivity contribution in [1.82, 2.24) is 15.1 Å². The molecule has 1 aromatic heterocycles. The van der Waals surface area contributed by atoms with Crippen molar-refractivity contribution in [3.63, 3.8) is 0 Å². The van der Waals surface area contributed by atoms with E-state index in [4.69, 9.17) is 4.42 Å². The summed E-state index contributed by atoms with van der Waals surface area (Å²) >= 11 is -0.319. The van der Waals surface area contributed by atoms with Gasteiger partial charge in [-0.25, -0.2) is 0 Å². The highest BCUT2D eigenvalue weighted by atomic mass is 32.2. The van der Waals surface area contributed by atoms with E-state index >= 15 is 0 Å². The van der Waals surface area contributed by atoms with Gasteiger partial charge in [-0.2, -0.15) is 13.2 Å². The molecule has 7 nitrogen and oxygen atoms in total. The molecule has 0 unspecified atom stereocenters. The molecule has 0 aliphatic carbocycles. The topological polar surface area (TPSA) is 88.3 Å². The highest BCUT2D eigenvalue weighted by Gasteiger charge is 2.29. The first-order valence-corrected chi connectivity index (χ1v) is 8.93. The molecule has 1 saturated heterocycles. The quantitative estimate of drug-likeness (QED) is 0.790. The van der Waals surface area contributed by atoms with Gasteiger partial charge in [0.05, 0.1) is 0 Å². The Hall–Kier alpha value is -2.56. The lowest BCUT2D eigenvalue weighted by Gasteiger charge is -2.24. The van der Waals surface area contributed by atoms with E-state index in [1.807, 2.05) is 0 Å². The predicted molar refractivity (Wildman–Crippen MR) is 90.4 cm³/mol. The van der Waals surface area contributed by atoms with Crippen LogP contribution in [0.3, 0.4) is 0 Å². The monoisotopic (exact) mass is 400 g/mol. The summed E-state index contributed by atoms with van der Waals surface area (Å²) in [5, 5.41) is 9.51. The number of piperidine rings is 1. The highest BCUT2D eigenvalue weighted by molar-refractivity contribution is 8.00. The molecule has 3 rings (SSSR count). The number of aromatic nitrogens is 2. The number of hydrogen-bond donors (Lipinski definition) is 1. The summed E-state index contributed by atoms with van der Waals surface area (Å²) < 4.78 is 42.5. The lowest BCUT2D eigenvalue weighted by Crippen LogP contribution is -2.35. The van der Waals surface area contributed by atoms with Gasteiger partial charge in [0.1, 0.15) is 0 Å². The molecule has 0 spiro atoms. The second-order valence-corrected chi connectivity index (χ2v) is 6.93. The van der Waals surface area contributed by atoms with Crippen LogP contribution in [0.5, 0.6) is 0 Å². The van der Waals surface area contributed by atoms with Crippen LogP contribution in [0.2, 0.25) is 0 Å². The van der Waals surface area contributed by atoms with Gasteiger partial charge < -0.3 is 9.32 Å². The van der Waals surface area contributed by atoms with Crippen LogP contribution in [0, 0.1) is 0 Å². The second kappa shape index (κ2) is 7.99. The molecule has 1 aliphatic heterocycles. The molecule has 1 aliphatic rings. The van der Waals surface area contributed by atoms with Crippen LogP contribution in [0.15, 0.2) is 33.6 Å². The van der Waals surface area contributed by atoms with Crippen LogP contribution in [-0.4, -0.2) is 45.5 Å². The number of nitrogens with zero attached hydrogens (tertiary/aromatic N) is 3. The van der Waals surface area contributed by atoms with Crippen molar-refractivity contribution < 1.29 is 27.2 Å². The van der Waals surface area contributed by atoms with E-state index < -0.39 is 17.3 Å². The zero-order valence-corrected chi connectivity index (χ0v) is 14.8. The number of nitrogens with one attached hydrogen (secondary N) is 1. The molecule has 2 amide bonds. The second-order valence-electron chi connectivity index (χ2n) is 5.79. The minimum atomic E-state index is -4.45. The van der Waals surface area contributed by atoms with Crippen LogP contribution >= 0.6 is 11.8 Å². The number of carbonyl (C=O) groups is 2.